The lowest BCUT2D eigenvalue weighted by Gasteiger charge is -2.29. The normalized spacial score (nSPS) is 19.9. The van der Waals surface area contributed by atoms with Crippen molar-refractivity contribution in [2.75, 3.05) is 25.2 Å². The minimum atomic E-state index is -0.492. The van der Waals surface area contributed by atoms with Gasteiger partial charge in [0.2, 0.25) is 0 Å². The number of hydrogen-bond acceptors (Lipinski definition) is 6. The molecular formula is C13H19N3O3. The molecule has 0 aliphatic carbocycles. The molecule has 1 fully saturated rings. The van der Waals surface area contributed by atoms with E-state index in [2.05, 4.69) is 19.8 Å². The molecule has 0 radical (unpaired) electrons. The zero-order chi connectivity index (χ0) is 13.7. The summed E-state index contributed by atoms with van der Waals surface area (Å²) in [7, 11) is 1.31. The Balaban J connectivity index is 2.17. The highest BCUT2D eigenvalue weighted by molar-refractivity contribution is 5.86. The lowest BCUT2D eigenvalue weighted by atomic mass is 10.1. The predicted molar refractivity (Wildman–Crippen MR) is 70.1 cm³/mol. The Morgan fingerprint density at radius 1 is 1.42 bits per heavy atom. The van der Waals surface area contributed by atoms with Crippen LogP contribution in [0.1, 0.15) is 36.2 Å². The van der Waals surface area contributed by atoms with Gasteiger partial charge in [-0.25, -0.2) is 4.79 Å². The number of ether oxygens (including phenoxy) is 1. The maximum atomic E-state index is 11.3. The number of aliphatic hydroxyl groups excluding tert-OH is 1. The summed E-state index contributed by atoms with van der Waals surface area (Å²) in [5.74, 6) is 0.210. The number of carbonyl (C=O) groups excluding carboxylic acids is 1. The van der Waals surface area contributed by atoms with Crippen LogP contribution in [-0.2, 0) is 4.74 Å². The zero-order valence-corrected chi connectivity index (χ0v) is 11.1. The summed E-state index contributed by atoms with van der Waals surface area (Å²) in [4.78, 5) is 13.4. The van der Waals surface area contributed by atoms with Crippen molar-refractivity contribution in [1.82, 2.24) is 10.2 Å². The first-order valence-electron chi connectivity index (χ1n) is 6.56. The molecule has 0 bridgehead atoms. The van der Waals surface area contributed by atoms with Gasteiger partial charge < -0.3 is 14.7 Å². The summed E-state index contributed by atoms with van der Waals surface area (Å²) in [5.41, 5.74) is 0.196. The number of hydrogen-bond donors (Lipinski definition) is 1. The standard InChI is InChI=1S/C13H19N3O3/c1-19-13(18)11-6-7-12(15-14-11)16-8-4-2-3-5-10(16)9-17/h6-7,10,17H,2-5,8-9H2,1H3. The third-order valence-corrected chi connectivity index (χ3v) is 3.43. The Morgan fingerprint density at radius 3 is 2.89 bits per heavy atom. The molecule has 1 aromatic rings. The number of anilines is 1. The van der Waals surface area contributed by atoms with Crippen molar-refractivity contribution in [3.05, 3.63) is 17.8 Å². The largest absolute Gasteiger partial charge is 0.464 e. The molecule has 104 valence electrons. The van der Waals surface area contributed by atoms with Gasteiger partial charge in [0.1, 0.15) is 0 Å². The summed E-state index contributed by atoms with van der Waals surface area (Å²) in [6.07, 6.45) is 4.32. The molecule has 19 heavy (non-hydrogen) atoms. The van der Waals surface area contributed by atoms with Crippen LogP contribution in [0.25, 0.3) is 0 Å². The molecule has 1 aliphatic rings. The number of nitrogens with zero attached hydrogens (tertiary/aromatic N) is 3. The lowest BCUT2D eigenvalue weighted by Crippen LogP contribution is -2.38. The van der Waals surface area contributed by atoms with Crippen molar-refractivity contribution in [1.29, 1.82) is 0 Å². The molecule has 1 N–H and O–H groups in total. The van der Waals surface area contributed by atoms with E-state index in [1.807, 2.05) is 0 Å². The van der Waals surface area contributed by atoms with Gasteiger partial charge in [-0.1, -0.05) is 12.8 Å². The molecule has 1 atom stereocenters. The van der Waals surface area contributed by atoms with Gasteiger partial charge in [-0.2, -0.15) is 0 Å². The van der Waals surface area contributed by atoms with E-state index in [0.717, 1.165) is 25.8 Å². The summed E-state index contributed by atoms with van der Waals surface area (Å²) in [5, 5.41) is 17.4. The number of aromatic nitrogens is 2. The molecule has 0 amide bonds. The highest BCUT2D eigenvalue weighted by atomic mass is 16.5. The van der Waals surface area contributed by atoms with Gasteiger partial charge in [0.25, 0.3) is 0 Å². The minimum absolute atomic E-state index is 0.0841. The average Bonchev–Trinajstić information content (AvgIpc) is 2.71. The van der Waals surface area contributed by atoms with Crippen molar-refractivity contribution in [2.24, 2.45) is 0 Å². The van der Waals surface area contributed by atoms with E-state index in [4.69, 9.17) is 0 Å². The first-order chi connectivity index (χ1) is 9.26. The Morgan fingerprint density at radius 2 is 2.26 bits per heavy atom. The third kappa shape index (κ3) is 3.20. The quantitative estimate of drug-likeness (QED) is 0.822. The molecule has 1 unspecified atom stereocenters. The van der Waals surface area contributed by atoms with E-state index in [0.29, 0.717) is 5.82 Å². The molecule has 1 saturated heterocycles. The minimum Gasteiger partial charge on any atom is -0.464 e. The second-order valence-electron chi connectivity index (χ2n) is 4.65. The number of aliphatic hydroxyl groups is 1. The number of methoxy groups -OCH3 is 1. The highest BCUT2D eigenvalue weighted by Crippen LogP contribution is 2.21. The van der Waals surface area contributed by atoms with Gasteiger partial charge >= 0.3 is 5.97 Å². The van der Waals surface area contributed by atoms with Crippen LogP contribution in [0.4, 0.5) is 5.82 Å². The van der Waals surface area contributed by atoms with Crippen LogP contribution in [-0.4, -0.2) is 47.6 Å². The molecule has 0 spiro atoms. The molecule has 0 aromatic carbocycles. The van der Waals surface area contributed by atoms with Gasteiger partial charge in [-0.05, 0) is 25.0 Å². The molecule has 2 rings (SSSR count). The van der Waals surface area contributed by atoms with Crippen molar-refractivity contribution in [3.8, 4) is 0 Å². The molecule has 2 heterocycles. The molecule has 0 saturated carbocycles. The fourth-order valence-corrected chi connectivity index (χ4v) is 2.36. The van der Waals surface area contributed by atoms with E-state index in [9.17, 15) is 9.90 Å². The smallest absolute Gasteiger partial charge is 0.358 e. The fourth-order valence-electron chi connectivity index (χ4n) is 2.36. The van der Waals surface area contributed by atoms with Crippen molar-refractivity contribution in [2.45, 2.75) is 31.7 Å². The van der Waals surface area contributed by atoms with Gasteiger partial charge in [0, 0.05) is 6.54 Å². The molecular weight excluding hydrogens is 246 g/mol. The monoisotopic (exact) mass is 265 g/mol. The van der Waals surface area contributed by atoms with Crippen LogP contribution in [0.5, 0.6) is 0 Å². The third-order valence-electron chi connectivity index (χ3n) is 3.43. The van der Waals surface area contributed by atoms with Crippen LogP contribution in [0.15, 0.2) is 12.1 Å². The number of esters is 1. The van der Waals surface area contributed by atoms with Crippen molar-refractivity contribution < 1.29 is 14.6 Å². The van der Waals surface area contributed by atoms with Gasteiger partial charge in [-0.3, -0.25) is 0 Å². The Labute approximate surface area is 112 Å². The molecule has 6 heteroatoms. The van der Waals surface area contributed by atoms with Crippen LogP contribution < -0.4 is 4.90 Å². The topological polar surface area (TPSA) is 75.5 Å². The van der Waals surface area contributed by atoms with Crippen LogP contribution >= 0.6 is 0 Å². The zero-order valence-electron chi connectivity index (χ0n) is 11.1. The van der Waals surface area contributed by atoms with E-state index in [1.54, 1.807) is 12.1 Å². The van der Waals surface area contributed by atoms with Gasteiger partial charge in [-0.15, -0.1) is 10.2 Å². The SMILES string of the molecule is COC(=O)c1ccc(N2CCCCCC2CO)nn1. The summed E-state index contributed by atoms with van der Waals surface area (Å²) in [6.45, 7) is 0.970. The molecule has 1 aliphatic heterocycles. The summed E-state index contributed by atoms with van der Waals surface area (Å²) >= 11 is 0. The first-order valence-corrected chi connectivity index (χ1v) is 6.56. The van der Waals surface area contributed by atoms with E-state index < -0.39 is 5.97 Å². The van der Waals surface area contributed by atoms with Gasteiger partial charge in [0.05, 0.1) is 19.8 Å². The van der Waals surface area contributed by atoms with E-state index in [1.165, 1.54) is 13.5 Å². The molecule has 1 aromatic heterocycles. The second-order valence-corrected chi connectivity index (χ2v) is 4.65. The van der Waals surface area contributed by atoms with Crippen LogP contribution in [0.2, 0.25) is 0 Å². The molecule has 6 nitrogen and oxygen atoms in total. The number of rotatable bonds is 3. The van der Waals surface area contributed by atoms with Crippen LogP contribution in [0.3, 0.4) is 0 Å². The highest BCUT2D eigenvalue weighted by Gasteiger charge is 2.22. The second kappa shape index (κ2) is 6.47. The average molecular weight is 265 g/mol. The van der Waals surface area contributed by atoms with Crippen LogP contribution in [0, 0.1) is 0 Å². The lowest BCUT2D eigenvalue weighted by molar-refractivity contribution is 0.0592. The summed E-state index contributed by atoms with van der Waals surface area (Å²) in [6, 6.07) is 3.45. The Kier molecular flexibility index (Phi) is 4.68. The number of carbonyl (C=O) groups is 1. The van der Waals surface area contributed by atoms with E-state index in [-0.39, 0.29) is 18.3 Å². The van der Waals surface area contributed by atoms with Gasteiger partial charge in [0.15, 0.2) is 11.5 Å². The van der Waals surface area contributed by atoms with Crippen molar-refractivity contribution >= 4 is 11.8 Å². The Bertz CT molecular complexity index is 422. The first kappa shape index (κ1) is 13.7. The van der Waals surface area contributed by atoms with Crippen molar-refractivity contribution in [3.63, 3.8) is 0 Å². The summed E-state index contributed by atoms with van der Waals surface area (Å²) < 4.78 is 4.59. The maximum absolute atomic E-state index is 11.3. The van der Waals surface area contributed by atoms with E-state index >= 15 is 0 Å². The predicted octanol–water partition coefficient (Wildman–Crippen LogP) is 1.00. The Hall–Kier alpha value is -1.69. The fraction of sp³-hybridized carbons (Fsp3) is 0.615. The maximum Gasteiger partial charge on any atom is 0.358 e.